The topological polar surface area (TPSA) is 54.7 Å². The van der Waals surface area contributed by atoms with Gasteiger partial charge >= 0.3 is 0 Å². The van der Waals surface area contributed by atoms with Gasteiger partial charge in [-0.15, -0.1) is 5.10 Å². The third-order valence-corrected chi connectivity index (χ3v) is 8.81. The molecule has 0 atom stereocenters. The van der Waals surface area contributed by atoms with Crippen LogP contribution in [0, 0.1) is 6.92 Å². The van der Waals surface area contributed by atoms with Crippen LogP contribution in [0.15, 0.2) is 120 Å². The number of aromatic nitrogens is 2. The molecule has 0 fully saturated rings. The molecule has 0 aliphatic rings. The molecule has 2 aromatic heterocycles. The van der Waals surface area contributed by atoms with Crippen LogP contribution in [0.3, 0.4) is 0 Å². The van der Waals surface area contributed by atoms with Crippen LogP contribution in [-0.4, -0.2) is 24.6 Å². The van der Waals surface area contributed by atoms with Crippen LogP contribution in [0.5, 0.6) is 0 Å². The van der Waals surface area contributed by atoms with Crippen molar-refractivity contribution in [3.05, 3.63) is 121 Å². The Labute approximate surface area is 229 Å². The van der Waals surface area contributed by atoms with Gasteiger partial charge < -0.3 is 0 Å². The van der Waals surface area contributed by atoms with Gasteiger partial charge in [0.25, 0.3) is 10.0 Å². The third-order valence-electron chi connectivity index (χ3n) is 7.01. The lowest BCUT2D eigenvalue weighted by atomic mass is 10.0. The van der Waals surface area contributed by atoms with Crippen molar-refractivity contribution in [3.8, 4) is 22.4 Å². The molecule has 0 aliphatic heterocycles. The molecule has 0 N–H and O–H groups in total. The molecule has 0 unspecified atom stereocenters. The molecule has 0 saturated carbocycles. The summed E-state index contributed by atoms with van der Waals surface area (Å²) in [4.78, 5) is 0.255. The number of aryl methyl sites for hydroxylation is 1. The number of hydrogen-bond acceptors (Lipinski definition) is 3. The van der Waals surface area contributed by atoms with E-state index in [0.717, 1.165) is 44.2 Å². The van der Waals surface area contributed by atoms with Crippen molar-refractivity contribution >= 4 is 32.1 Å². The first-order valence-electron chi connectivity index (χ1n) is 13.1. The first-order valence-corrected chi connectivity index (χ1v) is 14.6. The number of anilines is 1. The minimum absolute atomic E-state index is 0.255. The molecular formula is C33H29N3O2S. The molecule has 0 bridgehead atoms. The molecule has 39 heavy (non-hydrogen) atoms. The second-order valence-corrected chi connectivity index (χ2v) is 11.6. The highest BCUT2D eigenvalue weighted by Gasteiger charge is 2.31. The predicted molar refractivity (Wildman–Crippen MR) is 160 cm³/mol. The van der Waals surface area contributed by atoms with Gasteiger partial charge in [-0.2, -0.15) is 0 Å². The van der Waals surface area contributed by atoms with Crippen LogP contribution in [0.25, 0.3) is 38.7 Å². The lowest BCUT2D eigenvalue weighted by Crippen LogP contribution is -2.32. The summed E-state index contributed by atoms with van der Waals surface area (Å²) in [5, 5.41) is 7.19. The summed E-state index contributed by atoms with van der Waals surface area (Å²) in [6, 6.07) is 37.4. The van der Waals surface area contributed by atoms with E-state index in [0.29, 0.717) is 18.8 Å². The average molecular weight is 532 g/mol. The van der Waals surface area contributed by atoms with Gasteiger partial charge in [-0.05, 0) is 42.5 Å². The second-order valence-electron chi connectivity index (χ2n) is 9.70. The molecule has 2 heterocycles. The molecule has 0 aliphatic carbocycles. The van der Waals surface area contributed by atoms with E-state index in [1.165, 1.54) is 4.31 Å². The number of pyridine rings is 1. The largest absolute Gasteiger partial charge is 0.265 e. The maximum atomic E-state index is 14.2. The van der Waals surface area contributed by atoms with Gasteiger partial charge in [0.05, 0.1) is 21.7 Å². The minimum Gasteiger partial charge on any atom is -0.248 e. The van der Waals surface area contributed by atoms with Crippen molar-refractivity contribution in [2.45, 2.75) is 25.2 Å². The zero-order valence-electron chi connectivity index (χ0n) is 22.0. The molecule has 6 heteroatoms. The standard InChI is InChI=1S/C33H29N3O2S/c1-3-22-35(39(37,38)28-20-18-24(2)19-21-28)33-31(26-14-8-5-9-15-26)32-29-17-11-10-16-27(29)23-30(36(32)34-33)25-12-6-4-7-13-25/h4-21,23H,3,22H2,1-2H3. The quantitative estimate of drug-likeness (QED) is 0.212. The molecule has 194 valence electrons. The first kappa shape index (κ1) is 24.9. The van der Waals surface area contributed by atoms with Crippen molar-refractivity contribution in [1.29, 1.82) is 0 Å². The average Bonchev–Trinajstić information content (AvgIpc) is 3.37. The van der Waals surface area contributed by atoms with E-state index in [9.17, 15) is 8.42 Å². The van der Waals surface area contributed by atoms with E-state index >= 15 is 0 Å². The van der Waals surface area contributed by atoms with Crippen LogP contribution >= 0.6 is 0 Å². The zero-order valence-corrected chi connectivity index (χ0v) is 22.8. The van der Waals surface area contributed by atoms with E-state index in [-0.39, 0.29) is 4.90 Å². The number of sulfonamides is 1. The molecule has 0 spiro atoms. The van der Waals surface area contributed by atoms with Crippen LogP contribution in [0.4, 0.5) is 5.82 Å². The van der Waals surface area contributed by atoms with E-state index in [2.05, 4.69) is 30.3 Å². The van der Waals surface area contributed by atoms with Crippen molar-refractivity contribution in [3.63, 3.8) is 0 Å². The zero-order chi connectivity index (χ0) is 27.0. The normalized spacial score (nSPS) is 11.7. The second kappa shape index (κ2) is 10.0. The molecule has 0 amide bonds. The monoisotopic (exact) mass is 531 g/mol. The van der Waals surface area contributed by atoms with Gasteiger partial charge in [0.1, 0.15) is 0 Å². The van der Waals surface area contributed by atoms with E-state index in [1.54, 1.807) is 12.1 Å². The molecular weight excluding hydrogens is 502 g/mol. The van der Waals surface area contributed by atoms with Crippen LogP contribution in [-0.2, 0) is 10.0 Å². The summed E-state index contributed by atoms with van der Waals surface area (Å²) < 4.78 is 31.8. The maximum Gasteiger partial charge on any atom is 0.265 e. The Morgan fingerprint density at radius 2 is 1.38 bits per heavy atom. The van der Waals surface area contributed by atoms with E-state index in [4.69, 9.17) is 5.10 Å². The van der Waals surface area contributed by atoms with Crippen LogP contribution in [0.2, 0.25) is 0 Å². The maximum absolute atomic E-state index is 14.2. The van der Waals surface area contributed by atoms with Crippen molar-refractivity contribution in [2.75, 3.05) is 10.8 Å². The van der Waals surface area contributed by atoms with Gasteiger partial charge in [-0.25, -0.2) is 17.2 Å². The molecule has 5 nitrogen and oxygen atoms in total. The van der Waals surface area contributed by atoms with E-state index in [1.807, 2.05) is 91.2 Å². The van der Waals surface area contributed by atoms with Crippen molar-refractivity contribution < 1.29 is 8.42 Å². The molecule has 6 aromatic rings. The number of rotatable bonds is 7. The Kier molecular flexibility index (Phi) is 6.41. The third kappa shape index (κ3) is 4.37. The smallest absolute Gasteiger partial charge is 0.248 e. The van der Waals surface area contributed by atoms with Gasteiger partial charge in [-0.1, -0.05) is 110 Å². The summed E-state index contributed by atoms with van der Waals surface area (Å²) in [5.41, 5.74) is 5.51. The Morgan fingerprint density at radius 3 is 2.05 bits per heavy atom. The molecule has 4 aromatic carbocycles. The number of fused-ring (bicyclic) bond motifs is 3. The lowest BCUT2D eigenvalue weighted by molar-refractivity contribution is 0.589. The highest BCUT2D eigenvalue weighted by molar-refractivity contribution is 7.92. The van der Waals surface area contributed by atoms with Crippen molar-refractivity contribution in [1.82, 2.24) is 9.61 Å². The summed E-state index contributed by atoms with van der Waals surface area (Å²) in [6.45, 7) is 4.24. The minimum atomic E-state index is -3.88. The highest BCUT2D eigenvalue weighted by atomic mass is 32.2. The lowest BCUT2D eigenvalue weighted by Gasteiger charge is -2.23. The van der Waals surface area contributed by atoms with E-state index < -0.39 is 10.0 Å². The van der Waals surface area contributed by atoms with Gasteiger partial charge in [0.15, 0.2) is 5.82 Å². The Bertz CT molecular complexity index is 1880. The summed E-state index contributed by atoms with van der Waals surface area (Å²) in [5.74, 6) is 0.428. The Morgan fingerprint density at radius 1 is 0.769 bits per heavy atom. The number of nitrogens with zero attached hydrogens (tertiary/aromatic N) is 3. The van der Waals surface area contributed by atoms with Gasteiger partial charge in [0.2, 0.25) is 0 Å². The van der Waals surface area contributed by atoms with Gasteiger partial charge in [-0.3, -0.25) is 0 Å². The predicted octanol–water partition coefficient (Wildman–Crippen LogP) is 7.74. The van der Waals surface area contributed by atoms with Crippen LogP contribution < -0.4 is 4.31 Å². The summed E-state index contributed by atoms with van der Waals surface area (Å²) in [6.07, 6.45) is 0.638. The fraction of sp³-hybridized carbons (Fsp3) is 0.121. The number of hydrogen-bond donors (Lipinski definition) is 0. The first-order chi connectivity index (χ1) is 19.0. The Balaban J connectivity index is 1.74. The van der Waals surface area contributed by atoms with Crippen LogP contribution in [0.1, 0.15) is 18.9 Å². The summed E-state index contributed by atoms with van der Waals surface area (Å²) >= 11 is 0. The molecule has 0 saturated heterocycles. The summed E-state index contributed by atoms with van der Waals surface area (Å²) in [7, 11) is -3.88. The molecule has 0 radical (unpaired) electrons. The van der Waals surface area contributed by atoms with Gasteiger partial charge in [0, 0.05) is 17.5 Å². The van der Waals surface area contributed by atoms with Crippen molar-refractivity contribution in [2.24, 2.45) is 0 Å². The number of benzene rings is 4. The molecule has 6 rings (SSSR count). The Hall–Kier alpha value is -4.42. The fourth-order valence-corrected chi connectivity index (χ4v) is 6.63. The SMILES string of the molecule is CCCN(c1nn2c(-c3ccccc3)cc3ccccc3c2c1-c1ccccc1)S(=O)(=O)c1ccc(C)cc1. The fourth-order valence-electron chi connectivity index (χ4n) is 5.12. The highest BCUT2D eigenvalue weighted by Crippen LogP contribution is 2.42.